The summed E-state index contributed by atoms with van der Waals surface area (Å²) < 4.78 is 39.9. The summed E-state index contributed by atoms with van der Waals surface area (Å²) in [5.74, 6) is 1.18. The fourth-order valence-corrected chi connectivity index (χ4v) is 3.78. The second-order valence-electron chi connectivity index (χ2n) is 5.17. The lowest BCUT2D eigenvalue weighted by Crippen LogP contribution is -2.03. The number of aryl methyl sites for hydroxylation is 2. The Hall–Kier alpha value is -2.20. The van der Waals surface area contributed by atoms with Crippen molar-refractivity contribution in [2.45, 2.75) is 31.4 Å². The second kappa shape index (κ2) is 8.00. The van der Waals surface area contributed by atoms with Crippen molar-refractivity contribution in [2.75, 3.05) is 7.11 Å². The highest BCUT2D eigenvalue weighted by molar-refractivity contribution is 7.98. The molecule has 0 aliphatic carbocycles. The SMILES string of the molecule is COc1cc(CSc2nnc(-c3sc(C)nc3C)o2)ccc1OC(F)F. The van der Waals surface area contributed by atoms with E-state index < -0.39 is 6.61 Å². The van der Waals surface area contributed by atoms with E-state index in [9.17, 15) is 8.78 Å². The lowest BCUT2D eigenvalue weighted by atomic mass is 10.2. The van der Waals surface area contributed by atoms with Crippen LogP contribution in [0.2, 0.25) is 0 Å². The fraction of sp³-hybridized carbons (Fsp3) is 0.312. The molecule has 138 valence electrons. The van der Waals surface area contributed by atoms with Crippen LogP contribution in [0.3, 0.4) is 0 Å². The van der Waals surface area contributed by atoms with E-state index in [0.29, 0.717) is 16.9 Å². The summed E-state index contributed by atoms with van der Waals surface area (Å²) in [6.07, 6.45) is 0. The van der Waals surface area contributed by atoms with Crippen molar-refractivity contribution in [2.24, 2.45) is 0 Å². The molecule has 0 N–H and O–H groups in total. The van der Waals surface area contributed by atoms with Crippen molar-refractivity contribution in [3.63, 3.8) is 0 Å². The Kier molecular flexibility index (Phi) is 5.72. The first-order valence-electron chi connectivity index (χ1n) is 7.48. The maximum absolute atomic E-state index is 12.4. The van der Waals surface area contributed by atoms with E-state index in [1.54, 1.807) is 12.1 Å². The maximum atomic E-state index is 12.4. The van der Waals surface area contributed by atoms with Crippen molar-refractivity contribution in [1.29, 1.82) is 0 Å². The van der Waals surface area contributed by atoms with Crippen LogP contribution < -0.4 is 9.47 Å². The zero-order valence-corrected chi connectivity index (χ0v) is 15.8. The van der Waals surface area contributed by atoms with Gasteiger partial charge in [0.2, 0.25) is 0 Å². The smallest absolute Gasteiger partial charge is 0.387 e. The Labute approximate surface area is 156 Å². The van der Waals surface area contributed by atoms with Crippen LogP contribution in [0, 0.1) is 13.8 Å². The molecule has 2 aromatic heterocycles. The van der Waals surface area contributed by atoms with Gasteiger partial charge < -0.3 is 13.9 Å². The van der Waals surface area contributed by atoms with Gasteiger partial charge in [0, 0.05) is 5.75 Å². The minimum absolute atomic E-state index is 0.00707. The molecule has 0 unspecified atom stereocenters. The van der Waals surface area contributed by atoms with Crippen LogP contribution in [0.15, 0.2) is 27.8 Å². The van der Waals surface area contributed by atoms with Gasteiger partial charge in [-0.05, 0) is 31.5 Å². The van der Waals surface area contributed by atoms with Crippen LogP contribution >= 0.6 is 23.1 Å². The van der Waals surface area contributed by atoms with Crippen LogP contribution in [0.4, 0.5) is 8.78 Å². The van der Waals surface area contributed by atoms with Gasteiger partial charge in [-0.1, -0.05) is 17.8 Å². The van der Waals surface area contributed by atoms with Gasteiger partial charge in [-0.2, -0.15) is 8.78 Å². The highest BCUT2D eigenvalue weighted by Gasteiger charge is 2.16. The van der Waals surface area contributed by atoms with E-state index in [2.05, 4.69) is 19.9 Å². The number of aromatic nitrogens is 3. The van der Waals surface area contributed by atoms with Gasteiger partial charge >= 0.3 is 6.61 Å². The van der Waals surface area contributed by atoms with Crippen LogP contribution in [0.5, 0.6) is 11.5 Å². The quantitative estimate of drug-likeness (QED) is 0.533. The summed E-state index contributed by atoms with van der Waals surface area (Å²) in [5.41, 5.74) is 1.70. The lowest BCUT2D eigenvalue weighted by molar-refractivity contribution is -0.0512. The largest absolute Gasteiger partial charge is 0.493 e. The number of nitrogens with zero attached hydrogens (tertiary/aromatic N) is 3. The van der Waals surface area contributed by atoms with Gasteiger partial charge in [-0.3, -0.25) is 0 Å². The van der Waals surface area contributed by atoms with Crippen LogP contribution in [0.25, 0.3) is 10.8 Å². The van der Waals surface area contributed by atoms with Crippen molar-refractivity contribution < 1.29 is 22.7 Å². The van der Waals surface area contributed by atoms with Crippen LogP contribution in [-0.2, 0) is 5.75 Å². The molecular formula is C16H15F2N3O3S2. The molecule has 10 heteroatoms. The normalized spacial score (nSPS) is 11.2. The molecule has 0 amide bonds. The molecule has 0 saturated heterocycles. The molecule has 0 saturated carbocycles. The molecule has 0 aliphatic heterocycles. The first kappa shape index (κ1) is 18.6. The molecule has 26 heavy (non-hydrogen) atoms. The Morgan fingerprint density at radius 1 is 1.23 bits per heavy atom. The molecule has 3 rings (SSSR count). The number of hydrogen-bond acceptors (Lipinski definition) is 8. The maximum Gasteiger partial charge on any atom is 0.387 e. The van der Waals surface area contributed by atoms with Crippen molar-refractivity contribution in [3.8, 4) is 22.3 Å². The highest BCUT2D eigenvalue weighted by atomic mass is 32.2. The predicted molar refractivity (Wildman–Crippen MR) is 94.1 cm³/mol. The van der Waals surface area contributed by atoms with Crippen LogP contribution in [0.1, 0.15) is 16.3 Å². The number of benzene rings is 1. The molecular weight excluding hydrogens is 384 g/mol. The molecule has 0 aliphatic rings. The standard InChI is InChI=1S/C16H15F2N3O3S2/c1-8-13(26-9(2)19-8)14-20-21-16(24-14)25-7-10-4-5-11(23-15(17)18)12(6-10)22-3/h4-6,15H,7H2,1-3H3. The minimum Gasteiger partial charge on any atom is -0.493 e. The van der Waals surface area contributed by atoms with E-state index in [4.69, 9.17) is 9.15 Å². The van der Waals surface area contributed by atoms with Gasteiger partial charge in [-0.15, -0.1) is 21.5 Å². The molecule has 0 radical (unpaired) electrons. The Balaban J connectivity index is 1.69. The average Bonchev–Trinajstić information content (AvgIpc) is 3.19. The first-order valence-corrected chi connectivity index (χ1v) is 9.29. The highest BCUT2D eigenvalue weighted by Crippen LogP contribution is 2.34. The Morgan fingerprint density at radius 3 is 2.69 bits per heavy atom. The topological polar surface area (TPSA) is 70.3 Å². The third kappa shape index (κ3) is 4.31. The number of halogens is 2. The fourth-order valence-electron chi connectivity index (χ4n) is 2.23. The summed E-state index contributed by atoms with van der Waals surface area (Å²) >= 11 is 2.84. The average molecular weight is 399 g/mol. The zero-order valence-electron chi connectivity index (χ0n) is 14.2. The number of hydrogen-bond donors (Lipinski definition) is 0. The van der Waals surface area contributed by atoms with Gasteiger partial charge in [0.25, 0.3) is 11.1 Å². The molecule has 0 atom stereocenters. The molecule has 2 heterocycles. The lowest BCUT2D eigenvalue weighted by Gasteiger charge is -2.10. The van der Waals surface area contributed by atoms with Gasteiger partial charge in [0.05, 0.1) is 17.8 Å². The second-order valence-corrected chi connectivity index (χ2v) is 7.30. The zero-order chi connectivity index (χ0) is 18.7. The molecule has 6 nitrogen and oxygen atoms in total. The van der Waals surface area contributed by atoms with Crippen molar-refractivity contribution >= 4 is 23.1 Å². The van der Waals surface area contributed by atoms with Crippen molar-refractivity contribution in [1.82, 2.24) is 15.2 Å². The van der Waals surface area contributed by atoms with E-state index >= 15 is 0 Å². The summed E-state index contributed by atoms with van der Waals surface area (Å²) in [7, 11) is 1.40. The van der Waals surface area contributed by atoms with Gasteiger partial charge in [0.1, 0.15) is 4.88 Å². The summed E-state index contributed by atoms with van der Waals surface area (Å²) in [4.78, 5) is 5.20. The summed E-state index contributed by atoms with van der Waals surface area (Å²) in [5, 5.41) is 9.43. The Bertz CT molecular complexity index is 899. The molecule has 0 bridgehead atoms. The third-order valence-corrected chi connectivity index (χ3v) is 5.26. The first-order chi connectivity index (χ1) is 12.5. The van der Waals surface area contributed by atoms with Crippen molar-refractivity contribution in [3.05, 3.63) is 34.5 Å². The monoisotopic (exact) mass is 399 g/mol. The predicted octanol–water partition coefficient (Wildman–Crippen LogP) is 4.71. The third-order valence-electron chi connectivity index (χ3n) is 3.31. The number of ether oxygens (including phenoxy) is 2. The van der Waals surface area contributed by atoms with Gasteiger partial charge in [0.15, 0.2) is 11.5 Å². The molecule has 1 aromatic carbocycles. The van der Waals surface area contributed by atoms with E-state index in [0.717, 1.165) is 21.1 Å². The number of alkyl halides is 2. The summed E-state index contributed by atoms with van der Waals surface area (Å²) in [6.45, 7) is 0.910. The molecule has 0 fully saturated rings. The van der Waals surface area contributed by atoms with E-state index in [-0.39, 0.29) is 11.5 Å². The Morgan fingerprint density at radius 2 is 2.04 bits per heavy atom. The molecule has 3 aromatic rings. The number of thioether (sulfide) groups is 1. The molecule has 0 spiro atoms. The van der Waals surface area contributed by atoms with Gasteiger partial charge in [-0.25, -0.2) is 4.98 Å². The summed E-state index contributed by atoms with van der Waals surface area (Å²) in [6, 6.07) is 4.77. The number of rotatable bonds is 7. The van der Waals surface area contributed by atoms with E-state index in [1.807, 2.05) is 13.8 Å². The minimum atomic E-state index is -2.90. The number of methoxy groups -OCH3 is 1. The van der Waals surface area contributed by atoms with E-state index in [1.165, 1.54) is 36.3 Å². The van der Waals surface area contributed by atoms with Crippen LogP contribution in [-0.4, -0.2) is 28.9 Å². The number of thiazole rings is 1.